The molecule has 5 aromatic rings. The Kier molecular flexibility index (Phi) is 4.83. The molecule has 2 nitrogen and oxygen atoms in total. The van der Waals surface area contributed by atoms with Gasteiger partial charge in [0.1, 0.15) is 0 Å². The SMILES string of the molecule is Cc1ccc(N(c2ccc3c(c2)Cc2ccccc2-3)c2ccc3c(c2)Cc2ccccc2-3)cc1CO. The van der Waals surface area contributed by atoms with Crippen molar-refractivity contribution in [1.29, 1.82) is 0 Å². The lowest BCUT2D eigenvalue weighted by Gasteiger charge is -2.27. The van der Waals surface area contributed by atoms with Crippen molar-refractivity contribution in [2.45, 2.75) is 26.4 Å². The van der Waals surface area contributed by atoms with E-state index in [0.29, 0.717) is 0 Å². The van der Waals surface area contributed by atoms with Crippen LogP contribution in [-0.2, 0) is 19.4 Å². The molecule has 1 N–H and O–H groups in total. The van der Waals surface area contributed by atoms with Gasteiger partial charge in [0.15, 0.2) is 0 Å². The van der Waals surface area contributed by atoms with E-state index < -0.39 is 0 Å². The monoisotopic (exact) mass is 465 g/mol. The molecule has 0 fully saturated rings. The largest absolute Gasteiger partial charge is 0.392 e. The highest BCUT2D eigenvalue weighted by Crippen LogP contribution is 2.44. The van der Waals surface area contributed by atoms with Gasteiger partial charge in [-0.05, 0) is 112 Å². The summed E-state index contributed by atoms with van der Waals surface area (Å²) in [6, 6.07) is 37.5. The van der Waals surface area contributed by atoms with E-state index in [2.05, 4.69) is 115 Å². The van der Waals surface area contributed by atoms with Crippen LogP contribution in [0.15, 0.2) is 103 Å². The molecular weight excluding hydrogens is 438 g/mol. The maximum Gasteiger partial charge on any atom is 0.0685 e. The molecule has 0 saturated heterocycles. The highest BCUT2D eigenvalue weighted by Gasteiger charge is 2.23. The molecule has 0 atom stereocenters. The van der Waals surface area contributed by atoms with Gasteiger partial charge in [-0.3, -0.25) is 0 Å². The average molecular weight is 466 g/mol. The Balaban J connectivity index is 1.37. The Morgan fingerprint density at radius 1 is 0.556 bits per heavy atom. The van der Waals surface area contributed by atoms with Crippen molar-refractivity contribution < 1.29 is 5.11 Å². The van der Waals surface area contributed by atoms with Gasteiger partial charge in [-0.25, -0.2) is 0 Å². The quantitative estimate of drug-likeness (QED) is 0.284. The van der Waals surface area contributed by atoms with E-state index in [4.69, 9.17) is 0 Å². The fraction of sp³-hybridized carbons (Fsp3) is 0.118. The Morgan fingerprint density at radius 2 is 1.03 bits per heavy atom. The second-order valence-electron chi connectivity index (χ2n) is 9.96. The van der Waals surface area contributed by atoms with Gasteiger partial charge in [-0.2, -0.15) is 0 Å². The second-order valence-corrected chi connectivity index (χ2v) is 9.96. The van der Waals surface area contributed by atoms with E-state index in [1.165, 1.54) is 44.5 Å². The molecule has 174 valence electrons. The van der Waals surface area contributed by atoms with Crippen molar-refractivity contribution >= 4 is 17.1 Å². The number of aliphatic hydroxyl groups is 1. The number of aliphatic hydroxyl groups excluding tert-OH is 1. The normalized spacial score (nSPS) is 12.6. The molecule has 0 amide bonds. The molecule has 0 aromatic heterocycles. The van der Waals surface area contributed by atoms with Gasteiger partial charge in [0.05, 0.1) is 6.61 Å². The number of nitrogens with zero attached hydrogens (tertiary/aromatic N) is 1. The van der Waals surface area contributed by atoms with Crippen molar-refractivity contribution in [1.82, 2.24) is 0 Å². The van der Waals surface area contributed by atoms with E-state index in [1.807, 2.05) is 0 Å². The van der Waals surface area contributed by atoms with Gasteiger partial charge < -0.3 is 10.0 Å². The van der Waals surface area contributed by atoms with Crippen LogP contribution in [0.25, 0.3) is 22.3 Å². The zero-order valence-corrected chi connectivity index (χ0v) is 20.3. The molecule has 0 aliphatic heterocycles. The predicted molar refractivity (Wildman–Crippen MR) is 148 cm³/mol. The first-order valence-electron chi connectivity index (χ1n) is 12.6. The molecule has 36 heavy (non-hydrogen) atoms. The Hall–Kier alpha value is -4.14. The summed E-state index contributed by atoms with van der Waals surface area (Å²) in [5.74, 6) is 0. The third-order valence-electron chi connectivity index (χ3n) is 7.83. The Labute approximate surface area is 212 Å². The smallest absolute Gasteiger partial charge is 0.0685 e. The van der Waals surface area contributed by atoms with Gasteiger partial charge in [0.25, 0.3) is 0 Å². The zero-order valence-electron chi connectivity index (χ0n) is 20.3. The first-order chi connectivity index (χ1) is 17.7. The molecule has 5 aromatic carbocycles. The van der Waals surface area contributed by atoms with Crippen LogP contribution in [0.1, 0.15) is 33.4 Å². The summed E-state index contributed by atoms with van der Waals surface area (Å²) >= 11 is 0. The van der Waals surface area contributed by atoms with Crippen LogP contribution in [-0.4, -0.2) is 5.11 Å². The van der Waals surface area contributed by atoms with Crippen molar-refractivity contribution in [3.05, 3.63) is 137 Å². The summed E-state index contributed by atoms with van der Waals surface area (Å²) in [5.41, 5.74) is 16.3. The third kappa shape index (κ3) is 3.30. The van der Waals surface area contributed by atoms with E-state index in [1.54, 1.807) is 0 Å². The number of anilines is 3. The van der Waals surface area contributed by atoms with E-state index in [-0.39, 0.29) is 6.61 Å². The lowest BCUT2D eigenvalue weighted by atomic mass is 10.0. The van der Waals surface area contributed by atoms with Gasteiger partial charge in [-0.1, -0.05) is 66.7 Å². The maximum atomic E-state index is 10.0. The number of hydrogen-bond donors (Lipinski definition) is 1. The van der Waals surface area contributed by atoms with Crippen LogP contribution in [0.2, 0.25) is 0 Å². The fourth-order valence-corrected chi connectivity index (χ4v) is 5.96. The molecule has 2 aliphatic carbocycles. The van der Waals surface area contributed by atoms with E-state index >= 15 is 0 Å². The van der Waals surface area contributed by atoms with Gasteiger partial charge in [0.2, 0.25) is 0 Å². The highest BCUT2D eigenvalue weighted by atomic mass is 16.3. The summed E-state index contributed by atoms with van der Waals surface area (Å²) in [6.07, 6.45) is 1.92. The first-order valence-corrected chi connectivity index (χ1v) is 12.6. The number of aryl methyl sites for hydroxylation is 1. The molecule has 2 heteroatoms. The first kappa shape index (κ1) is 21.2. The molecule has 0 unspecified atom stereocenters. The summed E-state index contributed by atoms with van der Waals surface area (Å²) in [6.45, 7) is 2.09. The molecule has 0 saturated carbocycles. The summed E-state index contributed by atoms with van der Waals surface area (Å²) in [5, 5.41) is 10.0. The van der Waals surface area contributed by atoms with E-state index in [0.717, 1.165) is 41.0 Å². The van der Waals surface area contributed by atoms with Crippen LogP contribution in [0, 0.1) is 6.92 Å². The molecule has 0 bridgehead atoms. The number of fused-ring (bicyclic) bond motifs is 6. The van der Waals surface area contributed by atoms with Gasteiger partial charge in [-0.15, -0.1) is 0 Å². The summed E-state index contributed by atoms with van der Waals surface area (Å²) in [7, 11) is 0. The lowest BCUT2D eigenvalue weighted by Crippen LogP contribution is -2.11. The summed E-state index contributed by atoms with van der Waals surface area (Å²) < 4.78 is 0. The van der Waals surface area contributed by atoms with Crippen LogP contribution in [0.5, 0.6) is 0 Å². The van der Waals surface area contributed by atoms with Crippen LogP contribution in [0.3, 0.4) is 0 Å². The maximum absolute atomic E-state index is 10.0. The van der Waals surface area contributed by atoms with Gasteiger partial charge >= 0.3 is 0 Å². The zero-order chi connectivity index (χ0) is 24.2. The standard InChI is InChI=1S/C34H27NO/c1-22-10-11-28(20-27(22)21-36)35(29-12-14-33-25(18-29)16-23-6-2-4-8-31(23)33)30-13-15-34-26(19-30)17-24-7-3-5-9-32(24)34/h2-15,18-20,36H,16-17,21H2,1H3. The number of benzene rings is 5. The van der Waals surface area contributed by atoms with Crippen molar-refractivity contribution in [2.24, 2.45) is 0 Å². The minimum absolute atomic E-state index is 0.0342. The topological polar surface area (TPSA) is 23.5 Å². The summed E-state index contributed by atoms with van der Waals surface area (Å²) in [4.78, 5) is 2.34. The average Bonchev–Trinajstić information content (AvgIpc) is 3.47. The third-order valence-corrected chi connectivity index (χ3v) is 7.83. The Bertz CT molecular complexity index is 1550. The Morgan fingerprint density at radius 3 is 1.58 bits per heavy atom. The molecule has 0 heterocycles. The van der Waals surface area contributed by atoms with Crippen molar-refractivity contribution in [2.75, 3.05) is 4.90 Å². The second kappa shape index (κ2) is 8.22. The minimum Gasteiger partial charge on any atom is -0.392 e. The molecule has 0 spiro atoms. The fourth-order valence-electron chi connectivity index (χ4n) is 5.96. The highest BCUT2D eigenvalue weighted by molar-refractivity contribution is 5.85. The van der Waals surface area contributed by atoms with Crippen LogP contribution in [0.4, 0.5) is 17.1 Å². The van der Waals surface area contributed by atoms with Crippen LogP contribution >= 0.6 is 0 Å². The van der Waals surface area contributed by atoms with E-state index in [9.17, 15) is 5.11 Å². The molecule has 2 aliphatic rings. The molecular formula is C34H27NO. The van der Waals surface area contributed by atoms with Gasteiger partial charge in [0, 0.05) is 17.1 Å². The molecule has 0 radical (unpaired) electrons. The van der Waals surface area contributed by atoms with Crippen molar-refractivity contribution in [3.63, 3.8) is 0 Å². The number of hydrogen-bond acceptors (Lipinski definition) is 2. The minimum atomic E-state index is 0.0342. The van der Waals surface area contributed by atoms with Crippen molar-refractivity contribution in [3.8, 4) is 22.3 Å². The number of rotatable bonds is 4. The predicted octanol–water partition coefficient (Wildman–Crippen LogP) is 8.10. The van der Waals surface area contributed by atoms with Crippen LogP contribution < -0.4 is 4.90 Å². The lowest BCUT2D eigenvalue weighted by molar-refractivity contribution is 0.281. The molecule has 7 rings (SSSR count).